The van der Waals surface area contributed by atoms with Crippen molar-refractivity contribution in [3.63, 3.8) is 0 Å². The average Bonchev–Trinajstić information content (AvgIpc) is 2.72. The average molecular weight is 318 g/mol. The number of para-hydroxylation sites is 1. The standard InChI is InChI=1S/C15H18N4O4/c1-3-16-14(22)17-12(20)9-18-13(21)10(2)19(15(18)23)11-7-5-4-6-8-11/h4-8,10H,3,9H2,1-2H3,(H2,16,17,20,22). The van der Waals surface area contributed by atoms with Gasteiger partial charge in [0, 0.05) is 12.2 Å². The highest BCUT2D eigenvalue weighted by molar-refractivity contribution is 6.15. The third-order valence-electron chi connectivity index (χ3n) is 3.37. The van der Waals surface area contributed by atoms with Crippen LogP contribution in [0, 0.1) is 0 Å². The molecule has 1 aromatic carbocycles. The molecule has 0 saturated carbocycles. The van der Waals surface area contributed by atoms with Gasteiger partial charge in [-0.1, -0.05) is 18.2 Å². The van der Waals surface area contributed by atoms with Crippen LogP contribution in [0.4, 0.5) is 15.3 Å². The minimum Gasteiger partial charge on any atom is -0.338 e. The Bertz CT molecular complexity index is 632. The Labute approximate surface area is 133 Å². The van der Waals surface area contributed by atoms with Crippen LogP contribution in [0.15, 0.2) is 30.3 Å². The van der Waals surface area contributed by atoms with Gasteiger partial charge in [0.15, 0.2) is 0 Å². The van der Waals surface area contributed by atoms with Gasteiger partial charge in [-0.3, -0.25) is 24.7 Å². The van der Waals surface area contributed by atoms with E-state index in [1.165, 1.54) is 4.90 Å². The summed E-state index contributed by atoms with van der Waals surface area (Å²) in [6.45, 7) is 3.16. The molecule has 2 rings (SSSR count). The van der Waals surface area contributed by atoms with Crippen LogP contribution in [0.25, 0.3) is 0 Å². The molecule has 0 spiro atoms. The second kappa shape index (κ2) is 6.91. The van der Waals surface area contributed by atoms with Crippen LogP contribution in [0.2, 0.25) is 0 Å². The van der Waals surface area contributed by atoms with Crippen LogP contribution in [0.1, 0.15) is 13.8 Å². The van der Waals surface area contributed by atoms with Crippen LogP contribution >= 0.6 is 0 Å². The number of rotatable bonds is 4. The Morgan fingerprint density at radius 1 is 1.17 bits per heavy atom. The van der Waals surface area contributed by atoms with Crippen molar-refractivity contribution in [1.29, 1.82) is 0 Å². The van der Waals surface area contributed by atoms with Crippen molar-refractivity contribution in [2.45, 2.75) is 19.9 Å². The molecule has 0 aliphatic carbocycles. The van der Waals surface area contributed by atoms with E-state index in [4.69, 9.17) is 0 Å². The van der Waals surface area contributed by atoms with Gasteiger partial charge in [0.1, 0.15) is 12.6 Å². The fraction of sp³-hybridized carbons (Fsp3) is 0.333. The van der Waals surface area contributed by atoms with Gasteiger partial charge in [-0.15, -0.1) is 0 Å². The van der Waals surface area contributed by atoms with Gasteiger partial charge in [0.25, 0.3) is 5.91 Å². The number of amides is 6. The summed E-state index contributed by atoms with van der Waals surface area (Å²) >= 11 is 0. The second-order valence-electron chi connectivity index (χ2n) is 5.00. The third-order valence-corrected chi connectivity index (χ3v) is 3.37. The van der Waals surface area contributed by atoms with E-state index in [-0.39, 0.29) is 0 Å². The van der Waals surface area contributed by atoms with Gasteiger partial charge in [0.05, 0.1) is 0 Å². The van der Waals surface area contributed by atoms with E-state index < -0.39 is 36.5 Å². The number of imide groups is 2. The summed E-state index contributed by atoms with van der Waals surface area (Å²) < 4.78 is 0. The molecule has 1 aromatic rings. The largest absolute Gasteiger partial charge is 0.338 e. The van der Waals surface area contributed by atoms with Gasteiger partial charge < -0.3 is 5.32 Å². The maximum atomic E-state index is 12.4. The smallest absolute Gasteiger partial charge is 0.332 e. The zero-order chi connectivity index (χ0) is 17.0. The summed E-state index contributed by atoms with van der Waals surface area (Å²) in [4.78, 5) is 49.9. The van der Waals surface area contributed by atoms with E-state index >= 15 is 0 Å². The zero-order valence-electron chi connectivity index (χ0n) is 12.9. The van der Waals surface area contributed by atoms with Crippen molar-refractivity contribution < 1.29 is 19.2 Å². The summed E-state index contributed by atoms with van der Waals surface area (Å²) in [5.41, 5.74) is 0.574. The summed E-state index contributed by atoms with van der Waals surface area (Å²) in [5.74, 6) is -1.20. The molecule has 1 heterocycles. The maximum absolute atomic E-state index is 12.4. The molecule has 23 heavy (non-hydrogen) atoms. The quantitative estimate of drug-likeness (QED) is 0.798. The number of nitrogens with zero attached hydrogens (tertiary/aromatic N) is 2. The van der Waals surface area contributed by atoms with Crippen LogP contribution in [0.5, 0.6) is 0 Å². The molecular weight excluding hydrogens is 300 g/mol. The SMILES string of the molecule is CCNC(=O)NC(=O)CN1C(=O)C(C)N(c2ccccc2)C1=O. The van der Waals surface area contributed by atoms with E-state index in [2.05, 4.69) is 10.6 Å². The van der Waals surface area contributed by atoms with Gasteiger partial charge in [-0.2, -0.15) is 0 Å². The highest BCUT2D eigenvalue weighted by Gasteiger charge is 2.44. The molecule has 8 heteroatoms. The van der Waals surface area contributed by atoms with Gasteiger partial charge >= 0.3 is 12.1 Å². The lowest BCUT2D eigenvalue weighted by Gasteiger charge is -2.19. The van der Waals surface area contributed by atoms with Crippen molar-refractivity contribution in [1.82, 2.24) is 15.5 Å². The molecule has 8 nitrogen and oxygen atoms in total. The van der Waals surface area contributed by atoms with Crippen LogP contribution in [-0.2, 0) is 9.59 Å². The maximum Gasteiger partial charge on any atom is 0.332 e. The van der Waals surface area contributed by atoms with Gasteiger partial charge in [-0.25, -0.2) is 9.59 Å². The summed E-state index contributed by atoms with van der Waals surface area (Å²) in [6.07, 6.45) is 0. The molecule has 0 bridgehead atoms. The summed E-state index contributed by atoms with van der Waals surface area (Å²) in [6, 6.07) is 6.77. The minimum atomic E-state index is -0.722. The molecule has 1 unspecified atom stereocenters. The van der Waals surface area contributed by atoms with Crippen molar-refractivity contribution in [3.8, 4) is 0 Å². The van der Waals surface area contributed by atoms with Crippen molar-refractivity contribution in [2.75, 3.05) is 18.0 Å². The van der Waals surface area contributed by atoms with Crippen LogP contribution in [-0.4, -0.2) is 47.9 Å². The summed E-state index contributed by atoms with van der Waals surface area (Å²) in [5, 5.41) is 4.46. The lowest BCUT2D eigenvalue weighted by atomic mass is 10.2. The number of carbonyl (C=O) groups is 4. The molecule has 2 N–H and O–H groups in total. The fourth-order valence-corrected chi connectivity index (χ4v) is 2.31. The topological polar surface area (TPSA) is 98.8 Å². The first-order valence-corrected chi connectivity index (χ1v) is 7.23. The molecular formula is C15H18N4O4. The van der Waals surface area contributed by atoms with Crippen molar-refractivity contribution >= 4 is 29.6 Å². The normalized spacial score (nSPS) is 17.4. The fourth-order valence-electron chi connectivity index (χ4n) is 2.31. The molecule has 0 aromatic heterocycles. The predicted octanol–water partition coefficient (Wildman–Crippen LogP) is 0.689. The lowest BCUT2D eigenvalue weighted by Crippen LogP contribution is -2.46. The molecule has 1 aliphatic heterocycles. The Morgan fingerprint density at radius 3 is 2.43 bits per heavy atom. The molecule has 1 saturated heterocycles. The lowest BCUT2D eigenvalue weighted by molar-refractivity contribution is -0.131. The van der Waals surface area contributed by atoms with Gasteiger partial charge in [-0.05, 0) is 26.0 Å². The second-order valence-corrected chi connectivity index (χ2v) is 5.00. The third kappa shape index (κ3) is 3.47. The Hall–Kier alpha value is -2.90. The van der Waals surface area contributed by atoms with E-state index in [1.807, 2.05) is 0 Å². The van der Waals surface area contributed by atoms with Crippen LogP contribution in [0.3, 0.4) is 0 Å². The van der Waals surface area contributed by atoms with E-state index in [0.29, 0.717) is 12.2 Å². The van der Waals surface area contributed by atoms with Crippen LogP contribution < -0.4 is 15.5 Å². The predicted molar refractivity (Wildman–Crippen MR) is 82.7 cm³/mol. The monoisotopic (exact) mass is 318 g/mol. The van der Waals surface area contributed by atoms with Crippen molar-refractivity contribution in [3.05, 3.63) is 30.3 Å². The van der Waals surface area contributed by atoms with E-state index in [0.717, 1.165) is 4.90 Å². The highest BCUT2D eigenvalue weighted by Crippen LogP contribution is 2.25. The Balaban J connectivity index is 2.09. The zero-order valence-corrected chi connectivity index (χ0v) is 12.9. The Kier molecular flexibility index (Phi) is 4.95. The number of urea groups is 2. The number of carbonyl (C=O) groups excluding carboxylic acids is 4. The highest BCUT2D eigenvalue weighted by atomic mass is 16.2. The number of hydrogen-bond acceptors (Lipinski definition) is 4. The number of anilines is 1. The molecule has 1 atom stereocenters. The number of hydrogen-bond donors (Lipinski definition) is 2. The molecule has 0 radical (unpaired) electrons. The first kappa shape index (κ1) is 16.5. The molecule has 122 valence electrons. The molecule has 6 amide bonds. The van der Waals surface area contributed by atoms with E-state index in [1.54, 1.807) is 44.2 Å². The molecule has 1 fully saturated rings. The van der Waals surface area contributed by atoms with E-state index in [9.17, 15) is 19.2 Å². The number of nitrogens with one attached hydrogen (secondary N) is 2. The minimum absolute atomic E-state index is 0.361. The Morgan fingerprint density at radius 2 is 1.83 bits per heavy atom. The first-order valence-electron chi connectivity index (χ1n) is 7.23. The molecule has 1 aliphatic rings. The van der Waals surface area contributed by atoms with Gasteiger partial charge in [0.2, 0.25) is 5.91 Å². The number of benzene rings is 1. The van der Waals surface area contributed by atoms with Crippen molar-refractivity contribution in [2.24, 2.45) is 0 Å². The first-order chi connectivity index (χ1) is 11.0. The summed E-state index contributed by atoms with van der Waals surface area (Å²) in [7, 11) is 0.